The van der Waals surface area contributed by atoms with E-state index in [9.17, 15) is 8.42 Å². The van der Waals surface area contributed by atoms with Gasteiger partial charge in [0.1, 0.15) is 6.54 Å². The second-order valence-electron chi connectivity index (χ2n) is 6.91. The summed E-state index contributed by atoms with van der Waals surface area (Å²) in [5.41, 5.74) is 2.59. The smallest absolute Gasteiger partial charge is 0.298 e. The van der Waals surface area contributed by atoms with Crippen molar-refractivity contribution in [3.8, 4) is 0 Å². The molecule has 2 unspecified atom stereocenters. The van der Waals surface area contributed by atoms with Gasteiger partial charge in [0, 0.05) is 13.5 Å². The molecule has 0 spiro atoms. The van der Waals surface area contributed by atoms with Crippen LogP contribution in [0.1, 0.15) is 37.7 Å². The highest BCUT2D eigenvalue weighted by Gasteiger charge is 2.55. The molecule has 0 aliphatic carbocycles. The van der Waals surface area contributed by atoms with Crippen molar-refractivity contribution >= 4 is 21.8 Å². The molecule has 0 radical (unpaired) electrons. The summed E-state index contributed by atoms with van der Waals surface area (Å²) in [7, 11) is -3.98. The second kappa shape index (κ2) is 6.85. The highest BCUT2D eigenvalue weighted by molar-refractivity contribution is 7.86. The first-order chi connectivity index (χ1) is 12.7. The van der Waals surface area contributed by atoms with Gasteiger partial charge in [-0.05, 0) is 46.8 Å². The number of hydrogen-bond acceptors (Lipinski definition) is 6. The van der Waals surface area contributed by atoms with Gasteiger partial charge in [0.2, 0.25) is 12.0 Å². The monoisotopic (exact) mass is 391 g/mol. The zero-order valence-electron chi connectivity index (χ0n) is 16.7. The van der Waals surface area contributed by atoms with Gasteiger partial charge >= 0.3 is 15.9 Å². The van der Waals surface area contributed by atoms with E-state index in [0.29, 0.717) is 24.7 Å². The van der Waals surface area contributed by atoms with Crippen LogP contribution >= 0.6 is 0 Å². The zero-order valence-corrected chi connectivity index (χ0v) is 17.5. The van der Waals surface area contributed by atoms with E-state index in [1.807, 2.05) is 46.4 Å². The molecule has 1 aliphatic rings. The average Bonchev–Trinajstić information content (AvgIpc) is 2.83. The van der Waals surface area contributed by atoms with E-state index in [1.165, 1.54) is 0 Å². The number of quaternary nitrogens is 1. The van der Waals surface area contributed by atoms with Gasteiger partial charge < -0.3 is 0 Å². The number of nitrogens with zero attached hydrogens (tertiary/aromatic N) is 4. The molecule has 1 aromatic heterocycles. The summed E-state index contributed by atoms with van der Waals surface area (Å²) in [6.07, 6.45) is -0.267. The number of fused-ring (bicyclic) bond motifs is 1. The van der Waals surface area contributed by atoms with Gasteiger partial charge in [-0.15, -0.1) is 0 Å². The minimum absolute atomic E-state index is 0.138. The Morgan fingerprint density at radius 1 is 1.07 bits per heavy atom. The first-order valence-electron chi connectivity index (χ1n) is 9.19. The lowest BCUT2D eigenvalue weighted by Gasteiger charge is -2.33. The number of hydroxylamine groups is 2. The molecule has 1 aromatic carbocycles. The summed E-state index contributed by atoms with van der Waals surface area (Å²) < 4.78 is 31.8. The summed E-state index contributed by atoms with van der Waals surface area (Å²) in [6.45, 7) is 12.7. The Morgan fingerprint density at radius 2 is 1.67 bits per heavy atom. The summed E-state index contributed by atoms with van der Waals surface area (Å²) in [5.74, 6) is 1.24. The molecule has 1 aliphatic heterocycles. The molecule has 3 rings (SSSR count). The fraction of sp³-hybridized carbons (Fsp3) is 0.474. The molecule has 0 saturated carbocycles. The number of rotatable bonds is 5. The predicted octanol–water partition coefficient (Wildman–Crippen LogP) is 3.24. The lowest BCUT2D eigenvalue weighted by atomic mass is 10.2. The second-order valence-corrected chi connectivity index (χ2v) is 8.44. The van der Waals surface area contributed by atoms with E-state index >= 15 is 0 Å². The lowest BCUT2D eigenvalue weighted by Crippen LogP contribution is -2.58. The van der Waals surface area contributed by atoms with Crippen LogP contribution in [-0.4, -0.2) is 37.6 Å². The summed E-state index contributed by atoms with van der Waals surface area (Å²) >= 11 is 0. The largest absolute Gasteiger partial charge is 0.343 e. The van der Waals surface area contributed by atoms with Gasteiger partial charge in [0.15, 0.2) is 0 Å². The molecule has 27 heavy (non-hydrogen) atoms. The molecule has 2 atom stereocenters. The van der Waals surface area contributed by atoms with Crippen molar-refractivity contribution in [2.45, 2.75) is 52.6 Å². The molecule has 0 N–H and O–H groups in total. The highest BCUT2D eigenvalue weighted by Crippen LogP contribution is 2.44. The first-order valence-corrected chi connectivity index (χ1v) is 10.6. The first kappa shape index (κ1) is 19.7. The van der Waals surface area contributed by atoms with Gasteiger partial charge in [-0.3, -0.25) is 4.90 Å². The van der Waals surface area contributed by atoms with Crippen molar-refractivity contribution in [1.29, 1.82) is 0 Å². The maximum absolute atomic E-state index is 13.1. The third kappa shape index (κ3) is 3.11. The van der Waals surface area contributed by atoms with Crippen LogP contribution in [0.4, 0.5) is 11.6 Å². The molecule has 146 valence electrons. The Hall–Kier alpha value is -2.03. The normalized spacial score (nSPS) is 22.1. The van der Waals surface area contributed by atoms with Crippen LogP contribution in [0.5, 0.6) is 0 Å². The molecule has 2 aromatic rings. The van der Waals surface area contributed by atoms with Crippen LogP contribution in [0, 0.1) is 20.8 Å². The highest BCUT2D eigenvalue weighted by atomic mass is 32.2. The van der Waals surface area contributed by atoms with Crippen molar-refractivity contribution in [3.05, 3.63) is 41.2 Å². The minimum atomic E-state index is -3.98. The molecule has 7 nitrogen and oxygen atoms in total. The third-order valence-corrected chi connectivity index (χ3v) is 6.62. The standard InChI is InChI=1S/C19H27N4O3S/c1-7-22-16(6)23(8-2,19-18(22)20-14(4)15(5)21-19)26-27(24,25)17-11-9-13(3)10-12-17/h9-12,16H,7-8H2,1-6H3/q+1. The average molecular weight is 392 g/mol. The van der Waals surface area contributed by atoms with Gasteiger partial charge in [-0.2, -0.15) is 13.4 Å². The fourth-order valence-electron chi connectivity index (χ4n) is 3.51. The van der Waals surface area contributed by atoms with Crippen molar-refractivity contribution in [1.82, 2.24) is 14.6 Å². The molecule has 0 bridgehead atoms. The molecule has 2 heterocycles. The molecule has 0 amide bonds. The Morgan fingerprint density at radius 3 is 2.22 bits per heavy atom. The van der Waals surface area contributed by atoms with E-state index in [-0.39, 0.29) is 15.7 Å². The van der Waals surface area contributed by atoms with Crippen LogP contribution < -0.4 is 9.55 Å². The topological polar surface area (TPSA) is 72.4 Å². The summed E-state index contributed by atoms with van der Waals surface area (Å²) in [5, 5.41) is 0. The lowest BCUT2D eigenvalue weighted by molar-refractivity contribution is -0.0629. The Bertz CT molecular complexity index is 960. The molecule has 0 saturated heterocycles. The van der Waals surface area contributed by atoms with Gasteiger partial charge in [0.05, 0.1) is 16.3 Å². The van der Waals surface area contributed by atoms with Crippen LogP contribution in [0.3, 0.4) is 0 Å². The van der Waals surface area contributed by atoms with Crippen molar-refractivity contribution in [2.24, 2.45) is 0 Å². The van der Waals surface area contributed by atoms with Crippen LogP contribution in [0.15, 0.2) is 29.2 Å². The number of aryl methyl sites for hydroxylation is 3. The minimum Gasteiger partial charge on any atom is -0.298 e. The van der Waals surface area contributed by atoms with Crippen molar-refractivity contribution < 1.29 is 12.7 Å². The maximum atomic E-state index is 13.1. The zero-order chi connectivity index (χ0) is 20.0. The van der Waals surface area contributed by atoms with Crippen molar-refractivity contribution in [2.75, 3.05) is 18.0 Å². The molecule has 8 heteroatoms. The molecular weight excluding hydrogens is 364 g/mol. The number of anilines is 1. The van der Waals surface area contributed by atoms with Gasteiger partial charge in [-0.25, -0.2) is 4.98 Å². The Balaban J connectivity index is 2.14. The van der Waals surface area contributed by atoms with Crippen molar-refractivity contribution in [3.63, 3.8) is 0 Å². The predicted molar refractivity (Wildman–Crippen MR) is 106 cm³/mol. The SMILES string of the molecule is CCN1c2nc(C)c(C)nc2[N+](CC)(OS(=O)(=O)c2ccc(C)cc2)C1C. The van der Waals surface area contributed by atoms with Crippen LogP contribution in [-0.2, 0) is 14.4 Å². The number of benzene rings is 1. The Kier molecular flexibility index (Phi) is 5.00. The molecule has 0 fully saturated rings. The van der Waals surface area contributed by atoms with E-state index < -0.39 is 10.1 Å². The Labute approximate surface area is 161 Å². The summed E-state index contributed by atoms with van der Waals surface area (Å²) in [4.78, 5) is 11.6. The fourth-order valence-corrected chi connectivity index (χ4v) is 4.71. The van der Waals surface area contributed by atoms with Gasteiger partial charge in [-0.1, -0.05) is 26.6 Å². The van der Waals surface area contributed by atoms with Crippen LogP contribution in [0.2, 0.25) is 0 Å². The molecular formula is C19H27N4O3S+. The number of hydrogen-bond donors (Lipinski definition) is 0. The van der Waals surface area contributed by atoms with E-state index in [1.54, 1.807) is 24.3 Å². The maximum Gasteiger partial charge on any atom is 0.343 e. The van der Waals surface area contributed by atoms with Gasteiger partial charge in [0.25, 0.3) is 0 Å². The van der Waals surface area contributed by atoms with E-state index in [4.69, 9.17) is 9.27 Å². The quantitative estimate of drug-likeness (QED) is 0.729. The van der Waals surface area contributed by atoms with Crippen LogP contribution in [0.25, 0.3) is 0 Å². The summed E-state index contributed by atoms with van der Waals surface area (Å²) in [6, 6.07) is 6.67. The van der Waals surface area contributed by atoms with E-state index in [2.05, 4.69) is 4.98 Å². The number of aromatic nitrogens is 2. The third-order valence-electron chi connectivity index (χ3n) is 5.31. The van der Waals surface area contributed by atoms with E-state index in [0.717, 1.165) is 17.0 Å².